The predicted molar refractivity (Wildman–Crippen MR) is 109 cm³/mol. The summed E-state index contributed by atoms with van der Waals surface area (Å²) in [7, 11) is 0. The highest BCUT2D eigenvalue weighted by Crippen LogP contribution is 2.25. The first kappa shape index (κ1) is 20.0. The summed E-state index contributed by atoms with van der Waals surface area (Å²) in [4.78, 5) is 12.7. The number of amides is 1. The van der Waals surface area contributed by atoms with Crippen LogP contribution in [-0.2, 0) is 11.2 Å². The van der Waals surface area contributed by atoms with E-state index >= 15 is 0 Å². The number of hydrogen-bond acceptors (Lipinski definition) is 2. The van der Waals surface area contributed by atoms with Gasteiger partial charge in [-0.25, -0.2) is 0 Å². The summed E-state index contributed by atoms with van der Waals surface area (Å²) < 4.78 is 5.75. The molecule has 0 unspecified atom stereocenters. The van der Waals surface area contributed by atoms with E-state index in [1.54, 1.807) is 0 Å². The number of carbonyl (C=O) groups excluding carboxylic acids is 1. The maximum absolute atomic E-state index is 12.7. The lowest BCUT2D eigenvalue weighted by molar-refractivity contribution is -0.123. The lowest BCUT2D eigenvalue weighted by atomic mass is 9.84. The van der Waals surface area contributed by atoms with Gasteiger partial charge in [0.1, 0.15) is 5.75 Å². The Kier molecular flexibility index (Phi) is 7.71. The molecule has 140 valence electrons. The fourth-order valence-corrected chi connectivity index (χ4v) is 2.84. The maximum atomic E-state index is 12.7. The molecule has 2 aromatic rings. The van der Waals surface area contributed by atoms with Gasteiger partial charge < -0.3 is 10.1 Å². The van der Waals surface area contributed by atoms with E-state index in [0.29, 0.717) is 6.42 Å². The second-order valence-electron chi connectivity index (χ2n) is 7.43. The Morgan fingerprint density at radius 2 is 1.65 bits per heavy atom. The molecule has 2 aromatic carbocycles. The lowest BCUT2D eigenvalue weighted by Gasteiger charge is -2.23. The molecule has 1 N–H and O–H groups in total. The Morgan fingerprint density at radius 3 is 2.31 bits per heavy atom. The minimum absolute atomic E-state index is 0.0228. The van der Waals surface area contributed by atoms with Gasteiger partial charge in [0.15, 0.2) is 0 Å². The molecule has 1 amide bonds. The number of hydrogen-bond donors (Lipinski definition) is 1. The Hall–Kier alpha value is -2.29. The molecule has 3 nitrogen and oxygen atoms in total. The Bertz CT molecular complexity index is 662. The van der Waals surface area contributed by atoms with Gasteiger partial charge in [0.2, 0.25) is 5.91 Å². The number of carbonyl (C=O) groups is 1. The van der Waals surface area contributed by atoms with Crippen molar-refractivity contribution in [1.29, 1.82) is 0 Å². The highest BCUT2D eigenvalue weighted by atomic mass is 16.5. The molecule has 0 aliphatic carbocycles. The van der Waals surface area contributed by atoms with Gasteiger partial charge in [-0.05, 0) is 42.7 Å². The number of ether oxygens (including phenoxy) is 1. The zero-order valence-electron chi connectivity index (χ0n) is 16.3. The summed E-state index contributed by atoms with van der Waals surface area (Å²) in [5.41, 5.74) is 1.49. The first-order chi connectivity index (χ1) is 12.5. The molecule has 0 fully saturated rings. The van der Waals surface area contributed by atoms with Crippen molar-refractivity contribution in [3.05, 3.63) is 60.2 Å². The fourth-order valence-electron chi connectivity index (χ4n) is 2.84. The number of benzene rings is 2. The smallest absolute Gasteiger partial charge is 0.230 e. The summed E-state index contributed by atoms with van der Waals surface area (Å²) in [5.74, 6) is 0.873. The molecule has 0 saturated heterocycles. The van der Waals surface area contributed by atoms with Crippen LogP contribution in [0.3, 0.4) is 0 Å². The molecular formula is C23H31NO2. The summed E-state index contributed by atoms with van der Waals surface area (Å²) in [6.45, 7) is 6.90. The highest BCUT2D eigenvalue weighted by molar-refractivity contribution is 5.95. The third kappa shape index (κ3) is 6.55. The first-order valence-corrected chi connectivity index (χ1v) is 9.59. The van der Waals surface area contributed by atoms with Crippen LogP contribution < -0.4 is 10.1 Å². The molecule has 26 heavy (non-hydrogen) atoms. The van der Waals surface area contributed by atoms with Crippen LogP contribution in [-0.4, -0.2) is 12.5 Å². The van der Waals surface area contributed by atoms with Crippen LogP contribution in [0.5, 0.6) is 5.75 Å². The quantitative estimate of drug-likeness (QED) is 0.544. The standard InChI is InChI=1S/C23H31NO2/c1-4-5-6-10-17-26-21-15-13-20(14-16-21)24-22(25)23(2,3)18-19-11-8-7-9-12-19/h7-9,11-16H,4-6,10,17-18H2,1-3H3,(H,24,25). The Labute approximate surface area is 157 Å². The average molecular weight is 354 g/mol. The van der Waals surface area contributed by atoms with Gasteiger partial charge >= 0.3 is 0 Å². The van der Waals surface area contributed by atoms with Crippen molar-refractivity contribution in [1.82, 2.24) is 0 Å². The molecule has 2 rings (SSSR count). The van der Waals surface area contributed by atoms with Gasteiger partial charge in [-0.15, -0.1) is 0 Å². The minimum Gasteiger partial charge on any atom is -0.494 e. The lowest BCUT2D eigenvalue weighted by Crippen LogP contribution is -2.32. The van der Waals surface area contributed by atoms with E-state index < -0.39 is 5.41 Å². The van der Waals surface area contributed by atoms with Gasteiger partial charge in [0.25, 0.3) is 0 Å². The van der Waals surface area contributed by atoms with E-state index in [1.807, 2.05) is 56.3 Å². The number of nitrogens with one attached hydrogen (secondary N) is 1. The fraction of sp³-hybridized carbons (Fsp3) is 0.435. The van der Waals surface area contributed by atoms with Gasteiger partial charge in [-0.2, -0.15) is 0 Å². The zero-order valence-corrected chi connectivity index (χ0v) is 16.3. The van der Waals surface area contributed by atoms with Crippen molar-refractivity contribution in [3.8, 4) is 5.75 Å². The average Bonchev–Trinajstić information content (AvgIpc) is 2.63. The summed E-state index contributed by atoms with van der Waals surface area (Å²) >= 11 is 0. The Balaban J connectivity index is 1.84. The zero-order chi connectivity index (χ0) is 18.8. The first-order valence-electron chi connectivity index (χ1n) is 9.59. The number of anilines is 1. The van der Waals surface area contributed by atoms with Crippen LogP contribution in [0.1, 0.15) is 52.0 Å². The van der Waals surface area contributed by atoms with Crippen LogP contribution in [0.2, 0.25) is 0 Å². The van der Waals surface area contributed by atoms with E-state index in [2.05, 4.69) is 24.4 Å². The van der Waals surface area contributed by atoms with Crippen LogP contribution >= 0.6 is 0 Å². The molecule has 0 aliphatic heterocycles. The molecule has 0 aromatic heterocycles. The monoisotopic (exact) mass is 353 g/mol. The van der Waals surface area contributed by atoms with Gasteiger partial charge in [-0.3, -0.25) is 4.79 Å². The van der Waals surface area contributed by atoms with Crippen LogP contribution in [0.15, 0.2) is 54.6 Å². The molecule has 0 saturated carbocycles. The molecule has 0 radical (unpaired) electrons. The topological polar surface area (TPSA) is 38.3 Å². The predicted octanol–water partition coefficient (Wildman–Crippen LogP) is 5.85. The maximum Gasteiger partial charge on any atom is 0.230 e. The SMILES string of the molecule is CCCCCCOc1ccc(NC(=O)C(C)(C)Cc2ccccc2)cc1. The van der Waals surface area contributed by atoms with E-state index in [4.69, 9.17) is 4.74 Å². The summed E-state index contributed by atoms with van der Waals surface area (Å²) in [5, 5.41) is 3.02. The molecular weight excluding hydrogens is 322 g/mol. The second-order valence-corrected chi connectivity index (χ2v) is 7.43. The second kappa shape index (κ2) is 10.0. The molecule has 0 spiro atoms. The molecule has 0 bridgehead atoms. The highest BCUT2D eigenvalue weighted by Gasteiger charge is 2.27. The minimum atomic E-state index is -0.476. The van der Waals surface area contributed by atoms with Crippen LogP contribution in [0, 0.1) is 5.41 Å². The van der Waals surface area contributed by atoms with Gasteiger partial charge in [-0.1, -0.05) is 70.4 Å². The van der Waals surface area contributed by atoms with Gasteiger partial charge in [0, 0.05) is 11.1 Å². The van der Waals surface area contributed by atoms with E-state index in [-0.39, 0.29) is 5.91 Å². The Morgan fingerprint density at radius 1 is 0.962 bits per heavy atom. The van der Waals surface area contributed by atoms with Crippen LogP contribution in [0.4, 0.5) is 5.69 Å². The third-order valence-electron chi connectivity index (χ3n) is 4.48. The summed E-state index contributed by atoms with van der Waals surface area (Å²) in [6.07, 6.45) is 5.49. The number of unbranched alkanes of at least 4 members (excludes halogenated alkanes) is 3. The van der Waals surface area contributed by atoms with E-state index in [0.717, 1.165) is 24.5 Å². The molecule has 0 atom stereocenters. The summed E-state index contributed by atoms with van der Waals surface area (Å²) in [6, 6.07) is 17.7. The van der Waals surface area contributed by atoms with Crippen molar-refractivity contribution in [3.63, 3.8) is 0 Å². The van der Waals surface area contributed by atoms with Crippen molar-refractivity contribution >= 4 is 11.6 Å². The normalized spacial score (nSPS) is 11.2. The molecule has 3 heteroatoms. The largest absolute Gasteiger partial charge is 0.494 e. The third-order valence-corrected chi connectivity index (χ3v) is 4.48. The van der Waals surface area contributed by atoms with Crippen molar-refractivity contribution in [2.45, 2.75) is 52.9 Å². The van der Waals surface area contributed by atoms with Crippen molar-refractivity contribution in [2.24, 2.45) is 5.41 Å². The van der Waals surface area contributed by atoms with Crippen molar-refractivity contribution in [2.75, 3.05) is 11.9 Å². The molecule has 0 heterocycles. The van der Waals surface area contributed by atoms with Crippen molar-refractivity contribution < 1.29 is 9.53 Å². The van der Waals surface area contributed by atoms with Crippen LogP contribution in [0.25, 0.3) is 0 Å². The molecule has 0 aliphatic rings. The number of rotatable bonds is 10. The van der Waals surface area contributed by atoms with Gasteiger partial charge in [0.05, 0.1) is 6.61 Å². The van der Waals surface area contributed by atoms with E-state index in [1.165, 1.54) is 24.8 Å². The van der Waals surface area contributed by atoms with E-state index in [9.17, 15) is 4.79 Å².